The van der Waals surface area contributed by atoms with Crippen LogP contribution in [0.1, 0.15) is 101 Å². The average Bonchev–Trinajstić information content (AvgIpc) is 2.61. The predicted molar refractivity (Wildman–Crippen MR) is 125 cm³/mol. The van der Waals surface area contributed by atoms with Gasteiger partial charge in [0, 0.05) is 5.56 Å². The molecule has 0 amide bonds. The molecule has 0 radical (unpaired) electrons. The van der Waals surface area contributed by atoms with Crippen molar-refractivity contribution in [1.29, 1.82) is 0 Å². The fraction of sp³-hybridized carbons (Fsp3) is 0.720. The topological polar surface area (TPSA) is 26.3 Å². The summed E-state index contributed by atoms with van der Waals surface area (Å²) in [6.45, 7) is 12.4. The zero-order chi connectivity index (χ0) is 21.0. The van der Waals surface area contributed by atoms with Crippen LogP contribution in [0.5, 0.6) is 0 Å². The van der Waals surface area contributed by atoms with Crippen molar-refractivity contribution in [2.45, 2.75) is 117 Å². The summed E-state index contributed by atoms with van der Waals surface area (Å²) < 4.78 is 6.10. The largest absolute Gasteiger partial charge is 0.405 e. The number of carbonyl (C=O) groups excluding carboxylic acids is 1. The van der Waals surface area contributed by atoms with E-state index < -0.39 is 13.9 Å². The van der Waals surface area contributed by atoms with Gasteiger partial charge in [0.05, 0.1) is 0 Å². The summed E-state index contributed by atoms with van der Waals surface area (Å²) >= 11 is 0. The van der Waals surface area contributed by atoms with Crippen molar-refractivity contribution in [2.75, 3.05) is 0 Å². The van der Waals surface area contributed by atoms with Crippen LogP contribution in [0.2, 0.25) is 19.6 Å². The van der Waals surface area contributed by atoms with E-state index in [1.165, 1.54) is 69.8 Å². The number of hydrogen-bond acceptors (Lipinski definition) is 2. The summed E-state index contributed by atoms with van der Waals surface area (Å²) in [5.41, 5.74) is 1.35. The molecule has 0 aliphatic heterocycles. The van der Waals surface area contributed by atoms with Crippen LogP contribution in [0, 0.1) is 0 Å². The zero-order valence-electron chi connectivity index (χ0n) is 19.4. The number of ketones is 1. The molecule has 28 heavy (non-hydrogen) atoms. The fourth-order valence-electron chi connectivity index (χ4n) is 3.80. The summed E-state index contributed by atoms with van der Waals surface area (Å²) in [4.78, 5) is 12.8. The number of hydrogen-bond donors (Lipinski definition) is 0. The second kappa shape index (κ2) is 12.6. The Balaban J connectivity index is 2.29. The van der Waals surface area contributed by atoms with Gasteiger partial charge in [-0.1, -0.05) is 89.0 Å². The Morgan fingerprint density at radius 3 is 1.75 bits per heavy atom. The second-order valence-electron chi connectivity index (χ2n) is 9.68. The van der Waals surface area contributed by atoms with Crippen molar-refractivity contribution < 1.29 is 9.22 Å². The van der Waals surface area contributed by atoms with Crippen molar-refractivity contribution in [2.24, 2.45) is 0 Å². The lowest BCUT2D eigenvalue weighted by Crippen LogP contribution is -2.44. The molecular weight excluding hydrogens is 360 g/mol. The lowest BCUT2D eigenvalue weighted by Gasteiger charge is -2.31. The highest BCUT2D eigenvalue weighted by atomic mass is 28.4. The smallest absolute Gasteiger partial charge is 0.192 e. The minimum atomic E-state index is -1.76. The van der Waals surface area contributed by atoms with Gasteiger partial charge in [-0.15, -0.1) is 0 Å². The molecule has 3 heteroatoms. The molecule has 0 N–H and O–H groups in total. The third-order valence-electron chi connectivity index (χ3n) is 5.14. The molecule has 0 spiro atoms. The Kier molecular flexibility index (Phi) is 11.3. The number of rotatable bonds is 15. The van der Waals surface area contributed by atoms with Crippen molar-refractivity contribution in [3.05, 3.63) is 35.4 Å². The molecule has 1 aromatic carbocycles. The second-order valence-corrected chi connectivity index (χ2v) is 14.1. The summed E-state index contributed by atoms with van der Waals surface area (Å²) in [6, 6.07) is 8.18. The van der Waals surface area contributed by atoms with Gasteiger partial charge in [-0.25, -0.2) is 0 Å². The Bertz CT molecular complexity index is 555. The highest BCUT2D eigenvalue weighted by Crippen LogP contribution is 2.23. The lowest BCUT2D eigenvalue weighted by atomic mass is 9.95. The molecule has 0 atom stereocenters. The molecule has 0 aliphatic rings. The first-order valence-electron chi connectivity index (χ1n) is 11.5. The number of unbranched alkanes of at least 4 members (excludes halogenated alkanes) is 9. The first-order valence-corrected chi connectivity index (χ1v) is 14.9. The van der Waals surface area contributed by atoms with Gasteiger partial charge in [-0.05, 0) is 51.9 Å². The minimum absolute atomic E-state index is 0.0837. The fourth-order valence-corrected chi connectivity index (χ4v) is 5.42. The van der Waals surface area contributed by atoms with Gasteiger partial charge in [-0.3, -0.25) is 4.79 Å². The van der Waals surface area contributed by atoms with Gasteiger partial charge in [0.15, 0.2) is 14.1 Å². The standard InChI is InChI=1S/C25H44O2Si/c1-7-8-9-10-11-12-13-14-15-16-17-22-18-20-23(21-19-22)24(26)25(2,3)27-28(4,5)6/h18-21H,7-17H2,1-6H3. The highest BCUT2D eigenvalue weighted by Gasteiger charge is 2.34. The van der Waals surface area contributed by atoms with Gasteiger partial charge in [0.1, 0.15) is 5.60 Å². The van der Waals surface area contributed by atoms with E-state index in [0.29, 0.717) is 0 Å². The van der Waals surface area contributed by atoms with Crippen LogP contribution < -0.4 is 0 Å². The highest BCUT2D eigenvalue weighted by molar-refractivity contribution is 6.70. The molecule has 1 aromatic rings. The molecule has 0 aromatic heterocycles. The van der Waals surface area contributed by atoms with E-state index in [4.69, 9.17) is 4.43 Å². The minimum Gasteiger partial charge on any atom is -0.405 e. The SMILES string of the molecule is CCCCCCCCCCCCc1ccc(C(=O)C(C)(C)O[Si](C)(C)C)cc1. The number of aryl methyl sites for hydroxylation is 1. The third kappa shape index (κ3) is 10.6. The Morgan fingerprint density at radius 1 is 0.821 bits per heavy atom. The molecule has 160 valence electrons. The number of Topliss-reactive ketones (excluding diaryl/α,β-unsaturated/α-hetero) is 1. The lowest BCUT2D eigenvalue weighted by molar-refractivity contribution is 0.0558. The van der Waals surface area contributed by atoms with Crippen molar-refractivity contribution in [1.82, 2.24) is 0 Å². The van der Waals surface area contributed by atoms with Gasteiger partial charge in [-0.2, -0.15) is 0 Å². The van der Waals surface area contributed by atoms with E-state index in [0.717, 1.165) is 12.0 Å². The molecule has 0 fully saturated rings. The predicted octanol–water partition coefficient (Wildman–Crippen LogP) is 7.96. The van der Waals surface area contributed by atoms with Gasteiger partial charge >= 0.3 is 0 Å². The number of carbonyl (C=O) groups is 1. The zero-order valence-corrected chi connectivity index (χ0v) is 20.4. The third-order valence-corrected chi connectivity index (χ3v) is 6.27. The van der Waals surface area contributed by atoms with E-state index in [1.54, 1.807) is 0 Å². The molecule has 0 heterocycles. The molecule has 0 bridgehead atoms. The summed E-state index contributed by atoms with van der Waals surface area (Å²) in [7, 11) is -1.76. The van der Waals surface area contributed by atoms with Crippen LogP contribution >= 0.6 is 0 Å². The van der Waals surface area contributed by atoms with E-state index in [1.807, 2.05) is 26.0 Å². The molecule has 0 saturated carbocycles. The Labute approximate surface area is 175 Å². The molecule has 0 saturated heterocycles. The summed E-state index contributed by atoms with van der Waals surface area (Å²) in [6.07, 6.45) is 14.8. The van der Waals surface area contributed by atoms with E-state index in [9.17, 15) is 4.79 Å². The van der Waals surface area contributed by atoms with Crippen LogP contribution in [0.15, 0.2) is 24.3 Å². The van der Waals surface area contributed by atoms with Crippen LogP contribution in [0.4, 0.5) is 0 Å². The molecule has 0 aliphatic carbocycles. The normalized spacial score (nSPS) is 12.4. The number of benzene rings is 1. The van der Waals surface area contributed by atoms with Gasteiger partial charge in [0.25, 0.3) is 0 Å². The maximum Gasteiger partial charge on any atom is 0.192 e. The maximum atomic E-state index is 12.8. The van der Waals surface area contributed by atoms with Crippen molar-refractivity contribution in [3.8, 4) is 0 Å². The van der Waals surface area contributed by atoms with Crippen molar-refractivity contribution in [3.63, 3.8) is 0 Å². The van der Waals surface area contributed by atoms with Gasteiger partial charge in [0.2, 0.25) is 0 Å². The van der Waals surface area contributed by atoms with Gasteiger partial charge < -0.3 is 4.43 Å². The maximum absolute atomic E-state index is 12.8. The summed E-state index contributed by atoms with van der Waals surface area (Å²) in [5.74, 6) is 0.0837. The summed E-state index contributed by atoms with van der Waals surface area (Å²) in [5, 5.41) is 0. The van der Waals surface area contributed by atoms with Crippen LogP contribution in [-0.2, 0) is 10.8 Å². The van der Waals surface area contributed by atoms with Crippen LogP contribution in [0.25, 0.3) is 0 Å². The van der Waals surface area contributed by atoms with E-state index in [-0.39, 0.29) is 5.78 Å². The van der Waals surface area contributed by atoms with Crippen LogP contribution in [0.3, 0.4) is 0 Å². The molecule has 0 unspecified atom stereocenters. The molecule has 1 rings (SSSR count). The first-order chi connectivity index (χ1) is 13.2. The van der Waals surface area contributed by atoms with Crippen molar-refractivity contribution >= 4 is 14.1 Å². The molecule has 2 nitrogen and oxygen atoms in total. The molecular formula is C25H44O2Si. The van der Waals surface area contributed by atoms with E-state index >= 15 is 0 Å². The average molecular weight is 405 g/mol. The Hall–Kier alpha value is -0.933. The van der Waals surface area contributed by atoms with E-state index in [2.05, 4.69) is 38.7 Å². The Morgan fingerprint density at radius 2 is 1.29 bits per heavy atom. The monoisotopic (exact) mass is 404 g/mol. The first kappa shape index (κ1) is 25.1. The van der Waals surface area contributed by atoms with Crippen LogP contribution in [-0.4, -0.2) is 19.7 Å². The quantitative estimate of drug-likeness (QED) is 0.168.